The first-order chi connectivity index (χ1) is 19.9. The molecule has 1 saturated heterocycles. The van der Waals surface area contributed by atoms with Gasteiger partial charge in [0.25, 0.3) is 0 Å². The molecule has 4 heterocycles. The number of carbonyl (C=O) groups is 2. The molecule has 1 aromatic heterocycles. The molecular weight excluding hydrogens is 536 g/mol. The maximum Gasteiger partial charge on any atom is 0.336 e. The van der Waals surface area contributed by atoms with Crippen LogP contribution in [-0.4, -0.2) is 61.2 Å². The van der Waals surface area contributed by atoms with Gasteiger partial charge in [0.15, 0.2) is 5.60 Å². The van der Waals surface area contributed by atoms with Crippen LogP contribution in [0.4, 0.5) is 0 Å². The Morgan fingerprint density at radius 2 is 2.05 bits per heavy atom. The fourth-order valence-corrected chi connectivity index (χ4v) is 5.91. The third-order valence-corrected chi connectivity index (χ3v) is 8.72. The maximum absolute atomic E-state index is 13.2. The van der Waals surface area contributed by atoms with Crippen molar-refractivity contribution in [2.45, 2.75) is 58.2 Å². The fraction of sp³-hybridized carbons (Fsp3) is 0.469. The number of likely N-dealkylation sites (tertiary alicyclic amines) is 1. The number of dihydropyridines is 1. The van der Waals surface area contributed by atoms with Gasteiger partial charge in [-0.25, -0.2) is 9.59 Å². The monoisotopic (exact) mass is 576 g/mol. The van der Waals surface area contributed by atoms with Crippen molar-refractivity contribution in [3.05, 3.63) is 74.9 Å². The van der Waals surface area contributed by atoms with E-state index < -0.39 is 22.8 Å². The summed E-state index contributed by atoms with van der Waals surface area (Å²) in [4.78, 5) is 40.0. The van der Waals surface area contributed by atoms with Crippen LogP contribution in [0.25, 0.3) is 11.0 Å². The van der Waals surface area contributed by atoms with Crippen molar-refractivity contribution >= 4 is 22.8 Å². The zero-order valence-corrected chi connectivity index (χ0v) is 25.0. The van der Waals surface area contributed by atoms with E-state index in [4.69, 9.17) is 19.6 Å². The molecule has 10 nitrogen and oxygen atoms in total. The van der Waals surface area contributed by atoms with Crippen LogP contribution in [0.3, 0.4) is 0 Å². The van der Waals surface area contributed by atoms with Crippen LogP contribution in [0.15, 0.2) is 68.2 Å². The highest BCUT2D eigenvalue weighted by Gasteiger charge is 2.54. The molecule has 0 aliphatic carbocycles. The van der Waals surface area contributed by atoms with Crippen LogP contribution in [0.2, 0.25) is 0 Å². The number of benzene rings is 1. The predicted octanol–water partition coefficient (Wildman–Crippen LogP) is 2.91. The van der Waals surface area contributed by atoms with Gasteiger partial charge in [-0.05, 0) is 69.7 Å². The van der Waals surface area contributed by atoms with E-state index in [1.54, 1.807) is 32.1 Å². The minimum Gasteiger partial charge on any atom is -0.482 e. The second kappa shape index (κ2) is 11.3. The second-order valence-electron chi connectivity index (χ2n) is 12.1. The number of amides is 1. The van der Waals surface area contributed by atoms with Gasteiger partial charge in [0.05, 0.1) is 12.2 Å². The van der Waals surface area contributed by atoms with Gasteiger partial charge >= 0.3 is 11.6 Å². The number of allylic oxidation sites excluding steroid dienone is 2. The summed E-state index contributed by atoms with van der Waals surface area (Å²) in [6, 6.07) is 6.78. The summed E-state index contributed by atoms with van der Waals surface area (Å²) in [7, 11) is 1.92. The van der Waals surface area contributed by atoms with Crippen molar-refractivity contribution < 1.29 is 23.5 Å². The van der Waals surface area contributed by atoms with Gasteiger partial charge < -0.3 is 35.2 Å². The summed E-state index contributed by atoms with van der Waals surface area (Å²) in [6.45, 7) is 10.0. The summed E-state index contributed by atoms with van der Waals surface area (Å²) >= 11 is 0. The quantitative estimate of drug-likeness (QED) is 0.234. The molecule has 3 aliphatic rings. The lowest BCUT2D eigenvalue weighted by Crippen LogP contribution is -2.57. The number of carbonyl (C=O) groups excluding carboxylic acids is 2. The lowest BCUT2D eigenvalue weighted by Gasteiger charge is -2.43. The number of fused-ring (bicyclic) bond motifs is 2. The van der Waals surface area contributed by atoms with E-state index in [0.29, 0.717) is 48.0 Å². The number of rotatable bonds is 9. The number of esters is 1. The molecule has 0 radical (unpaired) electrons. The summed E-state index contributed by atoms with van der Waals surface area (Å²) in [5.74, 6) is 1.17. The number of nitrogens with zero attached hydrogens (tertiary/aromatic N) is 1. The molecule has 10 heteroatoms. The Morgan fingerprint density at radius 1 is 1.29 bits per heavy atom. The zero-order chi connectivity index (χ0) is 30.2. The van der Waals surface area contributed by atoms with Crippen LogP contribution >= 0.6 is 0 Å². The molecule has 3 aliphatic heterocycles. The zero-order valence-electron chi connectivity index (χ0n) is 25.0. The van der Waals surface area contributed by atoms with E-state index in [9.17, 15) is 14.4 Å². The Bertz CT molecular complexity index is 1560. The highest BCUT2D eigenvalue weighted by Crippen LogP contribution is 2.48. The SMILES string of the molecule is CC=C(C)C(=O)OC(C)(C)C1(CC2=C(CC(=O)N3CC(CNC)C3)CNC(N)=C2)Cc2cc3ccc(=O)oc3cc2O1. The molecule has 1 unspecified atom stereocenters. The number of hydrogen-bond donors (Lipinski definition) is 3. The predicted molar refractivity (Wildman–Crippen MR) is 160 cm³/mol. The number of nitrogens with two attached hydrogens (primary N) is 1. The Hall–Kier alpha value is -4.05. The first-order valence-electron chi connectivity index (χ1n) is 14.4. The Labute approximate surface area is 245 Å². The summed E-state index contributed by atoms with van der Waals surface area (Å²) in [6.07, 6.45) is 4.59. The standard InChI is InChI=1S/C32H40N4O6/c1-6-19(2)30(39)42-31(3,4)32(14-23-9-21-7-8-29(38)40-25(21)12-26(23)41-32)13-22-10-27(33)35-16-24(22)11-28(37)36-17-20(18-36)15-34-5/h6-10,12,20,34-35H,11,13-18,33H2,1-5H3. The van der Waals surface area contributed by atoms with Crippen LogP contribution in [0, 0.1) is 5.92 Å². The van der Waals surface area contributed by atoms with Gasteiger partial charge in [-0.2, -0.15) is 0 Å². The molecule has 4 N–H and O–H groups in total. The normalized spacial score (nSPS) is 20.9. The third kappa shape index (κ3) is 5.68. The third-order valence-electron chi connectivity index (χ3n) is 8.72. The molecule has 42 heavy (non-hydrogen) atoms. The molecule has 224 valence electrons. The van der Waals surface area contributed by atoms with E-state index >= 15 is 0 Å². The Kier molecular flexibility index (Phi) is 7.94. The van der Waals surface area contributed by atoms with Crippen molar-refractivity contribution in [1.29, 1.82) is 0 Å². The highest BCUT2D eigenvalue weighted by atomic mass is 16.6. The molecule has 1 fully saturated rings. The van der Waals surface area contributed by atoms with Crippen LogP contribution in [-0.2, 0) is 20.7 Å². The van der Waals surface area contributed by atoms with Gasteiger partial charge in [0.2, 0.25) is 5.91 Å². The molecule has 1 atom stereocenters. The number of ether oxygens (including phenoxy) is 2. The molecule has 1 aromatic carbocycles. The molecule has 5 rings (SSSR count). The van der Waals surface area contributed by atoms with Crippen molar-refractivity contribution in [2.75, 3.05) is 33.2 Å². The number of hydrogen-bond acceptors (Lipinski definition) is 9. The Morgan fingerprint density at radius 3 is 2.76 bits per heavy atom. The molecule has 0 bridgehead atoms. The van der Waals surface area contributed by atoms with Crippen molar-refractivity contribution in [1.82, 2.24) is 15.5 Å². The van der Waals surface area contributed by atoms with E-state index in [-0.39, 0.29) is 12.3 Å². The lowest BCUT2D eigenvalue weighted by molar-refractivity contribution is -0.174. The molecule has 2 aromatic rings. The van der Waals surface area contributed by atoms with Crippen molar-refractivity contribution in [3.63, 3.8) is 0 Å². The van der Waals surface area contributed by atoms with E-state index in [1.165, 1.54) is 6.07 Å². The van der Waals surface area contributed by atoms with Crippen molar-refractivity contribution in [2.24, 2.45) is 11.7 Å². The summed E-state index contributed by atoms with van der Waals surface area (Å²) < 4.78 is 18.3. The fourth-order valence-electron chi connectivity index (χ4n) is 5.91. The second-order valence-corrected chi connectivity index (χ2v) is 12.1. The first kappa shape index (κ1) is 29.4. The van der Waals surface area contributed by atoms with Gasteiger partial charge in [-0.1, -0.05) is 6.08 Å². The first-order valence-corrected chi connectivity index (χ1v) is 14.4. The topological polar surface area (TPSA) is 136 Å². The molecule has 0 saturated carbocycles. The largest absolute Gasteiger partial charge is 0.482 e. The smallest absolute Gasteiger partial charge is 0.336 e. The van der Waals surface area contributed by atoms with E-state index in [0.717, 1.165) is 41.7 Å². The highest BCUT2D eigenvalue weighted by molar-refractivity contribution is 5.88. The summed E-state index contributed by atoms with van der Waals surface area (Å²) in [5, 5.41) is 7.12. The number of nitrogens with one attached hydrogen (secondary N) is 2. The van der Waals surface area contributed by atoms with Crippen LogP contribution in [0.5, 0.6) is 5.75 Å². The molecule has 0 spiro atoms. The average Bonchev–Trinajstić information content (AvgIpc) is 3.28. The summed E-state index contributed by atoms with van der Waals surface area (Å²) in [5.41, 5.74) is 7.26. The minimum atomic E-state index is -1.10. The maximum atomic E-state index is 13.2. The molecule has 1 amide bonds. The van der Waals surface area contributed by atoms with Gasteiger partial charge in [-0.15, -0.1) is 0 Å². The van der Waals surface area contributed by atoms with Crippen molar-refractivity contribution in [3.8, 4) is 5.75 Å². The Balaban J connectivity index is 1.51. The van der Waals surface area contributed by atoms with Gasteiger partial charge in [-0.3, -0.25) is 4.79 Å². The van der Waals surface area contributed by atoms with E-state index in [1.807, 2.05) is 37.9 Å². The van der Waals surface area contributed by atoms with Crippen LogP contribution in [0.1, 0.15) is 46.1 Å². The average molecular weight is 577 g/mol. The molecular formula is C32H40N4O6. The van der Waals surface area contributed by atoms with E-state index in [2.05, 4.69) is 10.6 Å². The minimum absolute atomic E-state index is 0.0749. The van der Waals surface area contributed by atoms with Gasteiger partial charge in [0, 0.05) is 68.0 Å². The van der Waals surface area contributed by atoms with Gasteiger partial charge in [0.1, 0.15) is 16.9 Å². The lowest BCUT2D eigenvalue weighted by atomic mass is 9.75. The van der Waals surface area contributed by atoms with Crippen LogP contribution < -0.4 is 26.7 Å².